The van der Waals surface area contributed by atoms with Gasteiger partial charge in [0.2, 0.25) is 0 Å². The number of nitrogens with two attached hydrogens (primary N) is 1. The minimum Gasteiger partial charge on any atom is -0.330 e. The van der Waals surface area contributed by atoms with Crippen molar-refractivity contribution in [3.05, 3.63) is 0 Å². The van der Waals surface area contributed by atoms with Gasteiger partial charge in [0.15, 0.2) is 0 Å². The van der Waals surface area contributed by atoms with Gasteiger partial charge in [0.05, 0.1) is 0 Å². The zero-order valence-electron chi connectivity index (χ0n) is 12.1. The van der Waals surface area contributed by atoms with Crippen LogP contribution in [0.2, 0.25) is 0 Å². The van der Waals surface area contributed by atoms with Crippen molar-refractivity contribution in [1.29, 1.82) is 0 Å². The number of piperidine rings is 1. The van der Waals surface area contributed by atoms with E-state index in [-0.39, 0.29) is 0 Å². The molecular formula is C14H30N4. The molecule has 2 heterocycles. The highest BCUT2D eigenvalue weighted by atomic mass is 15.3. The van der Waals surface area contributed by atoms with Crippen molar-refractivity contribution in [1.82, 2.24) is 14.7 Å². The van der Waals surface area contributed by atoms with Crippen LogP contribution < -0.4 is 5.73 Å². The van der Waals surface area contributed by atoms with E-state index >= 15 is 0 Å². The third kappa shape index (κ3) is 3.92. The Kier molecular flexibility index (Phi) is 5.42. The summed E-state index contributed by atoms with van der Waals surface area (Å²) in [6, 6.07) is 0.789. The quantitative estimate of drug-likeness (QED) is 0.765. The van der Waals surface area contributed by atoms with E-state index in [0.717, 1.165) is 18.5 Å². The van der Waals surface area contributed by atoms with Gasteiger partial charge >= 0.3 is 0 Å². The fraction of sp³-hybridized carbons (Fsp3) is 1.00. The van der Waals surface area contributed by atoms with Gasteiger partial charge < -0.3 is 15.5 Å². The molecule has 0 aromatic heterocycles. The zero-order valence-corrected chi connectivity index (χ0v) is 12.1. The number of likely N-dealkylation sites (N-methyl/N-ethyl adjacent to an activating group) is 1. The molecule has 2 atom stereocenters. The van der Waals surface area contributed by atoms with Crippen LogP contribution in [0, 0.1) is 5.92 Å². The molecule has 2 aliphatic heterocycles. The van der Waals surface area contributed by atoms with Crippen molar-refractivity contribution in [2.75, 3.05) is 59.9 Å². The Hall–Kier alpha value is -0.160. The van der Waals surface area contributed by atoms with Crippen LogP contribution in [0.1, 0.15) is 19.3 Å². The van der Waals surface area contributed by atoms with E-state index in [9.17, 15) is 0 Å². The lowest BCUT2D eigenvalue weighted by molar-refractivity contribution is 0.107. The Morgan fingerprint density at radius 3 is 2.67 bits per heavy atom. The number of nitrogens with zero attached hydrogens (tertiary/aromatic N) is 3. The third-order valence-electron chi connectivity index (χ3n) is 4.51. The minimum absolute atomic E-state index is 0.752. The predicted octanol–water partition coefficient (Wildman–Crippen LogP) is 0.293. The van der Waals surface area contributed by atoms with Gasteiger partial charge in [-0.15, -0.1) is 0 Å². The summed E-state index contributed by atoms with van der Waals surface area (Å²) in [6.07, 6.45) is 4.06. The van der Waals surface area contributed by atoms with E-state index in [1.807, 2.05) is 0 Å². The van der Waals surface area contributed by atoms with Gasteiger partial charge in [-0.1, -0.05) is 0 Å². The molecule has 4 nitrogen and oxygen atoms in total. The molecule has 2 N–H and O–H groups in total. The molecule has 0 aromatic carbocycles. The van der Waals surface area contributed by atoms with Gasteiger partial charge in [0, 0.05) is 32.2 Å². The second-order valence-electron chi connectivity index (χ2n) is 6.29. The zero-order chi connectivity index (χ0) is 13.0. The highest BCUT2D eigenvalue weighted by Gasteiger charge is 2.30. The Morgan fingerprint density at radius 2 is 2.00 bits per heavy atom. The second-order valence-corrected chi connectivity index (χ2v) is 6.29. The van der Waals surface area contributed by atoms with Crippen LogP contribution >= 0.6 is 0 Å². The minimum atomic E-state index is 0.752. The number of likely N-dealkylation sites (tertiary alicyclic amines) is 2. The van der Waals surface area contributed by atoms with Gasteiger partial charge in [0.25, 0.3) is 0 Å². The van der Waals surface area contributed by atoms with Crippen LogP contribution in [0.4, 0.5) is 0 Å². The molecule has 0 spiro atoms. The van der Waals surface area contributed by atoms with Crippen LogP contribution in [0.25, 0.3) is 0 Å². The Labute approximate surface area is 112 Å². The standard InChI is InChI=1S/C14H30N4/c1-16(2)8-9-17-6-3-4-14(12-17)18-7-5-13(10-15)11-18/h13-14H,3-12,15H2,1-2H3. The number of hydrogen-bond acceptors (Lipinski definition) is 4. The molecule has 18 heavy (non-hydrogen) atoms. The molecule has 106 valence electrons. The van der Waals surface area contributed by atoms with Crippen molar-refractivity contribution >= 4 is 0 Å². The summed E-state index contributed by atoms with van der Waals surface area (Å²) in [5.74, 6) is 0.752. The lowest BCUT2D eigenvalue weighted by Crippen LogP contribution is -2.48. The summed E-state index contributed by atoms with van der Waals surface area (Å²) in [6.45, 7) is 8.34. The average Bonchev–Trinajstić information content (AvgIpc) is 2.85. The number of hydrogen-bond donors (Lipinski definition) is 1. The van der Waals surface area contributed by atoms with Gasteiger partial charge in [-0.25, -0.2) is 0 Å². The van der Waals surface area contributed by atoms with Gasteiger partial charge in [0.1, 0.15) is 0 Å². The molecule has 0 radical (unpaired) electrons. The van der Waals surface area contributed by atoms with E-state index in [4.69, 9.17) is 5.73 Å². The molecule has 0 bridgehead atoms. The van der Waals surface area contributed by atoms with Crippen molar-refractivity contribution in [2.45, 2.75) is 25.3 Å². The van der Waals surface area contributed by atoms with Crippen LogP contribution in [0.3, 0.4) is 0 Å². The Bertz CT molecular complexity index is 244. The van der Waals surface area contributed by atoms with Crippen molar-refractivity contribution < 1.29 is 0 Å². The maximum Gasteiger partial charge on any atom is 0.0223 e. The van der Waals surface area contributed by atoms with Crippen LogP contribution in [0.5, 0.6) is 0 Å². The molecule has 2 aliphatic rings. The summed E-state index contributed by atoms with van der Waals surface area (Å²) in [5, 5.41) is 0. The van der Waals surface area contributed by atoms with E-state index in [2.05, 4.69) is 28.8 Å². The molecule has 0 amide bonds. The molecule has 0 aromatic rings. The SMILES string of the molecule is CN(C)CCN1CCCC(N2CCC(CN)C2)C1. The highest BCUT2D eigenvalue weighted by Crippen LogP contribution is 2.23. The van der Waals surface area contributed by atoms with E-state index in [1.165, 1.54) is 58.5 Å². The molecule has 2 saturated heterocycles. The molecule has 2 fully saturated rings. The highest BCUT2D eigenvalue weighted by molar-refractivity contribution is 4.86. The maximum absolute atomic E-state index is 5.79. The van der Waals surface area contributed by atoms with Crippen molar-refractivity contribution in [3.8, 4) is 0 Å². The summed E-state index contributed by atoms with van der Waals surface area (Å²) in [4.78, 5) is 7.62. The van der Waals surface area contributed by atoms with Gasteiger partial charge in [-0.05, 0) is 58.9 Å². The monoisotopic (exact) mass is 254 g/mol. The van der Waals surface area contributed by atoms with E-state index in [0.29, 0.717) is 0 Å². The normalized spacial score (nSPS) is 31.3. The molecule has 2 rings (SSSR count). The first-order valence-corrected chi connectivity index (χ1v) is 7.50. The van der Waals surface area contributed by atoms with Crippen molar-refractivity contribution in [3.63, 3.8) is 0 Å². The van der Waals surface area contributed by atoms with E-state index < -0.39 is 0 Å². The van der Waals surface area contributed by atoms with Gasteiger partial charge in [-0.3, -0.25) is 4.90 Å². The lowest BCUT2D eigenvalue weighted by atomic mass is 10.0. The second kappa shape index (κ2) is 6.85. The molecule has 0 aliphatic carbocycles. The summed E-state index contributed by atoms with van der Waals surface area (Å²) >= 11 is 0. The first kappa shape index (κ1) is 14.3. The smallest absolute Gasteiger partial charge is 0.0223 e. The topological polar surface area (TPSA) is 35.7 Å². The fourth-order valence-electron chi connectivity index (χ4n) is 3.26. The largest absolute Gasteiger partial charge is 0.330 e. The van der Waals surface area contributed by atoms with Crippen LogP contribution in [0.15, 0.2) is 0 Å². The lowest BCUT2D eigenvalue weighted by Gasteiger charge is -2.38. The molecular weight excluding hydrogens is 224 g/mol. The summed E-state index contributed by atoms with van der Waals surface area (Å²) < 4.78 is 0. The number of rotatable bonds is 5. The molecule has 0 saturated carbocycles. The maximum atomic E-state index is 5.79. The first-order chi connectivity index (χ1) is 8.69. The predicted molar refractivity (Wildman–Crippen MR) is 76.8 cm³/mol. The summed E-state index contributed by atoms with van der Waals surface area (Å²) in [5.41, 5.74) is 5.79. The summed E-state index contributed by atoms with van der Waals surface area (Å²) in [7, 11) is 4.32. The fourth-order valence-corrected chi connectivity index (χ4v) is 3.26. The Morgan fingerprint density at radius 1 is 1.17 bits per heavy atom. The molecule has 4 heteroatoms. The van der Waals surface area contributed by atoms with Crippen LogP contribution in [-0.4, -0.2) is 80.7 Å². The van der Waals surface area contributed by atoms with Crippen molar-refractivity contribution in [2.24, 2.45) is 11.7 Å². The Balaban J connectivity index is 1.76. The van der Waals surface area contributed by atoms with E-state index in [1.54, 1.807) is 0 Å². The van der Waals surface area contributed by atoms with Gasteiger partial charge in [-0.2, -0.15) is 0 Å². The average molecular weight is 254 g/mol. The van der Waals surface area contributed by atoms with Crippen LogP contribution in [-0.2, 0) is 0 Å². The third-order valence-corrected chi connectivity index (χ3v) is 4.51. The molecule has 2 unspecified atom stereocenters. The first-order valence-electron chi connectivity index (χ1n) is 7.50.